The Balaban J connectivity index is 2.02. The molecule has 1 fully saturated rings. The van der Waals surface area contributed by atoms with E-state index in [0.717, 1.165) is 30.8 Å². The zero-order valence-electron chi connectivity index (χ0n) is 14.0. The van der Waals surface area contributed by atoms with E-state index in [1.807, 2.05) is 43.0 Å². The van der Waals surface area contributed by atoms with Gasteiger partial charge in [0.1, 0.15) is 5.75 Å². The summed E-state index contributed by atoms with van der Waals surface area (Å²) < 4.78 is 6.12. The fourth-order valence-corrected chi connectivity index (χ4v) is 2.97. The molecule has 4 nitrogen and oxygen atoms in total. The van der Waals surface area contributed by atoms with Crippen LogP contribution in [-0.2, 0) is 4.79 Å². The molecule has 22 heavy (non-hydrogen) atoms. The number of ether oxygens (including phenoxy) is 1. The number of amides is 1. The van der Waals surface area contributed by atoms with Crippen LogP contribution in [0, 0.1) is 6.92 Å². The Kier molecular flexibility index (Phi) is 6.25. The van der Waals surface area contributed by atoms with Crippen molar-refractivity contribution in [2.45, 2.75) is 46.3 Å². The fourth-order valence-electron chi connectivity index (χ4n) is 2.97. The van der Waals surface area contributed by atoms with Gasteiger partial charge in [0, 0.05) is 13.0 Å². The summed E-state index contributed by atoms with van der Waals surface area (Å²) in [6.45, 7) is 9.39. The number of carbonyl (C=O) groups excluding carboxylic acids is 1. The number of hydrogen-bond donors (Lipinski definition) is 0. The number of hydrogen-bond acceptors (Lipinski definition) is 3. The normalized spacial score (nSPS) is 16.5. The van der Waals surface area contributed by atoms with Crippen molar-refractivity contribution in [1.29, 1.82) is 0 Å². The Morgan fingerprint density at radius 3 is 2.55 bits per heavy atom. The zero-order valence-corrected chi connectivity index (χ0v) is 14.0. The summed E-state index contributed by atoms with van der Waals surface area (Å²) in [7, 11) is 0. The molecular formula is C18H28N2O2. The lowest BCUT2D eigenvalue weighted by Crippen LogP contribution is -2.47. The maximum atomic E-state index is 12.6. The van der Waals surface area contributed by atoms with E-state index in [0.29, 0.717) is 13.1 Å². The van der Waals surface area contributed by atoms with Gasteiger partial charge in [-0.25, -0.2) is 0 Å². The Morgan fingerprint density at radius 1 is 1.27 bits per heavy atom. The average molecular weight is 304 g/mol. The molecule has 1 aliphatic rings. The number of likely N-dealkylation sites (tertiary alicyclic amines) is 1. The minimum Gasteiger partial charge on any atom is -0.470 e. The highest BCUT2D eigenvalue weighted by Crippen LogP contribution is 2.20. The van der Waals surface area contributed by atoms with E-state index in [9.17, 15) is 4.79 Å². The lowest BCUT2D eigenvalue weighted by molar-refractivity contribution is -0.140. The fraction of sp³-hybridized carbons (Fsp3) is 0.611. The molecule has 0 aromatic heterocycles. The van der Waals surface area contributed by atoms with Gasteiger partial charge >= 0.3 is 0 Å². The van der Waals surface area contributed by atoms with Crippen LogP contribution >= 0.6 is 0 Å². The molecule has 1 saturated heterocycles. The molecule has 0 spiro atoms. The van der Waals surface area contributed by atoms with E-state index in [-0.39, 0.29) is 12.1 Å². The molecule has 1 heterocycles. The first-order valence-electron chi connectivity index (χ1n) is 8.39. The van der Waals surface area contributed by atoms with Crippen molar-refractivity contribution in [3.8, 4) is 5.75 Å². The number of likely N-dealkylation sites (N-methyl/N-ethyl adjacent to an activating group) is 1. The average Bonchev–Trinajstić information content (AvgIpc) is 3.01. The van der Waals surface area contributed by atoms with Crippen LogP contribution in [0.1, 0.15) is 38.7 Å². The third-order valence-corrected chi connectivity index (χ3v) is 4.27. The number of rotatable bonds is 7. The van der Waals surface area contributed by atoms with Crippen molar-refractivity contribution < 1.29 is 9.53 Å². The number of carbonyl (C=O) groups is 1. The van der Waals surface area contributed by atoms with Gasteiger partial charge in [-0.1, -0.05) is 25.1 Å². The molecule has 1 aliphatic heterocycles. The van der Waals surface area contributed by atoms with Gasteiger partial charge in [0.2, 0.25) is 5.91 Å². The topological polar surface area (TPSA) is 32.8 Å². The minimum absolute atomic E-state index is 0.171. The number of para-hydroxylation sites is 1. The summed E-state index contributed by atoms with van der Waals surface area (Å²) in [6.07, 6.45) is 3.00. The smallest absolute Gasteiger partial charge is 0.239 e. The van der Waals surface area contributed by atoms with Gasteiger partial charge in [0.15, 0.2) is 6.23 Å². The zero-order chi connectivity index (χ0) is 15.9. The molecular weight excluding hydrogens is 276 g/mol. The van der Waals surface area contributed by atoms with E-state index >= 15 is 0 Å². The molecule has 0 bridgehead atoms. The van der Waals surface area contributed by atoms with Crippen LogP contribution in [0.15, 0.2) is 24.3 Å². The predicted octanol–water partition coefficient (Wildman–Crippen LogP) is 3.05. The first-order chi connectivity index (χ1) is 10.7. The lowest BCUT2D eigenvalue weighted by Gasteiger charge is -2.32. The number of benzene rings is 1. The van der Waals surface area contributed by atoms with Gasteiger partial charge in [-0.3, -0.25) is 9.69 Å². The van der Waals surface area contributed by atoms with E-state index in [2.05, 4.69) is 11.8 Å². The molecule has 2 rings (SSSR count). The van der Waals surface area contributed by atoms with Gasteiger partial charge in [0.25, 0.3) is 0 Å². The summed E-state index contributed by atoms with van der Waals surface area (Å²) in [6, 6.07) is 7.97. The quantitative estimate of drug-likeness (QED) is 0.726. The Hall–Kier alpha value is -1.55. The van der Waals surface area contributed by atoms with Crippen LogP contribution in [0.3, 0.4) is 0 Å². The van der Waals surface area contributed by atoms with E-state index < -0.39 is 0 Å². The van der Waals surface area contributed by atoms with E-state index in [1.54, 1.807) is 0 Å². The highest BCUT2D eigenvalue weighted by molar-refractivity contribution is 5.78. The van der Waals surface area contributed by atoms with Crippen molar-refractivity contribution in [2.24, 2.45) is 0 Å². The summed E-state index contributed by atoms with van der Waals surface area (Å²) in [4.78, 5) is 16.7. The van der Waals surface area contributed by atoms with Crippen LogP contribution < -0.4 is 4.74 Å². The third-order valence-electron chi connectivity index (χ3n) is 4.27. The van der Waals surface area contributed by atoms with Gasteiger partial charge in [-0.05, 0) is 51.4 Å². The molecule has 1 aromatic carbocycles. The highest BCUT2D eigenvalue weighted by Gasteiger charge is 2.25. The molecule has 1 atom stereocenters. The standard InChI is InChI=1S/C18H28N2O2/c1-4-18(22-16-11-7-6-10-15(16)3)20(5-2)17(21)14-19-12-8-9-13-19/h6-7,10-11,18H,4-5,8-9,12-14H2,1-3H3. The predicted molar refractivity (Wildman–Crippen MR) is 88.9 cm³/mol. The van der Waals surface area contributed by atoms with Gasteiger partial charge in [0.05, 0.1) is 6.54 Å². The van der Waals surface area contributed by atoms with Gasteiger partial charge in [-0.15, -0.1) is 0 Å². The van der Waals surface area contributed by atoms with Crippen molar-refractivity contribution in [3.05, 3.63) is 29.8 Å². The van der Waals surface area contributed by atoms with Crippen LogP contribution in [0.2, 0.25) is 0 Å². The molecule has 1 unspecified atom stereocenters. The maximum absolute atomic E-state index is 12.6. The summed E-state index contributed by atoms with van der Waals surface area (Å²) in [5.41, 5.74) is 1.10. The molecule has 0 aliphatic carbocycles. The summed E-state index contributed by atoms with van der Waals surface area (Å²) in [5, 5.41) is 0. The van der Waals surface area contributed by atoms with Gasteiger partial charge in [-0.2, -0.15) is 0 Å². The maximum Gasteiger partial charge on any atom is 0.239 e. The second kappa shape index (κ2) is 8.18. The molecule has 1 aromatic rings. The van der Waals surface area contributed by atoms with Crippen molar-refractivity contribution in [1.82, 2.24) is 9.80 Å². The second-order valence-electron chi connectivity index (χ2n) is 5.91. The second-order valence-corrected chi connectivity index (χ2v) is 5.91. The number of aryl methyl sites for hydroxylation is 1. The molecule has 0 radical (unpaired) electrons. The summed E-state index contributed by atoms with van der Waals surface area (Å²) in [5.74, 6) is 1.03. The van der Waals surface area contributed by atoms with Crippen molar-refractivity contribution in [3.63, 3.8) is 0 Å². The van der Waals surface area contributed by atoms with Crippen molar-refractivity contribution >= 4 is 5.91 Å². The van der Waals surface area contributed by atoms with Crippen LogP contribution in [0.4, 0.5) is 0 Å². The van der Waals surface area contributed by atoms with Crippen molar-refractivity contribution in [2.75, 3.05) is 26.2 Å². The largest absolute Gasteiger partial charge is 0.470 e. The van der Waals surface area contributed by atoms with Crippen LogP contribution in [-0.4, -0.2) is 48.1 Å². The van der Waals surface area contributed by atoms with E-state index in [4.69, 9.17) is 4.74 Å². The molecule has 122 valence electrons. The Bertz CT molecular complexity index is 484. The molecule has 1 amide bonds. The SMILES string of the molecule is CCC(Oc1ccccc1C)N(CC)C(=O)CN1CCCC1. The number of nitrogens with zero attached hydrogens (tertiary/aromatic N) is 2. The van der Waals surface area contributed by atoms with Crippen LogP contribution in [0.5, 0.6) is 5.75 Å². The summed E-state index contributed by atoms with van der Waals surface area (Å²) >= 11 is 0. The Labute approximate surface area is 134 Å². The van der Waals surface area contributed by atoms with Crippen LogP contribution in [0.25, 0.3) is 0 Å². The highest BCUT2D eigenvalue weighted by atomic mass is 16.5. The minimum atomic E-state index is -0.193. The first kappa shape index (κ1) is 16.8. The molecule has 0 N–H and O–H groups in total. The van der Waals surface area contributed by atoms with E-state index in [1.165, 1.54) is 12.8 Å². The molecule has 0 saturated carbocycles. The third kappa shape index (κ3) is 4.23. The van der Waals surface area contributed by atoms with Gasteiger partial charge < -0.3 is 9.64 Å². The monoisotopic (exact) mass is 304 g/mol. The lowest BCUT2D eigenvalue weighted by atomic mass is 10.2. The molecule has 4 heteroatoms. The Morgan fingerprint density at radius 2 is 1.95 bits per heavy atom. The first-order valence-corrected chi connectivity index (χ1v) is 8.39.